The molecular formula is C102H105Cl5N22O20. The van der Waals surface area contributed by atoms with E-state index in [-0.39, 0.29) is 134 Å². The fraction of sp³-hybridized carbons (Fsp3) is 0.235. The molecule has 16 rings (SSSR count). The van der Waals surface area contributed by atoms with E-state index in [4.69, 9.17) is 107 Å². The van der Waals surface area contributed by atoms with E-state index in [1.54, 1.807) is 185 Å². The Morgan fingerprint density at radius 1 is 0.450 bits per heavy atom. The molecule has 14 aromatic rings. The van der Waals surface area contributed by atoms with Crippen molar-refractivity contribution in [3.8, 4) is 0 Å². The zero-order chi connectivity index (χ0) is 108. The first-order chi connectivity index (χ1) is 70.9. The van der Waals surface area contributed by atoms with Gasteiger partial charge in [-0.2, -0.15) is 0 Å². The number of anilines is 6. The summed E-state index contributed by atoms with van der Waals surface area (Å²) in [6, 6.07) is 56.6. The van der Waals surface area contributed by atoms with Gasteiger partial charge in [-0.3, -0.25) is 85.6 Å². The molecule has 0 saturated carbocycles. The van der Waals surface area contributed by atoms with Crippen LogP contribution in [0.5, 0.6) is 0 Å². The third-order valence-corrected chi connectivity index (χ3v) is 22.9. The number of aromatic amines is 1. The third kappa shape index (κ3) is 35.1. The normalized spacial score (nSPS) is 12.7. The Labute approximate surface area is 874 Å². The Bertz CT molecular complexity index is 7500. The van der Waals surface area contributed by atoms with Gasteiger partial charge in [-0.1, -0.05) is 119 Å². The number of aliphatic hydroxyl groups excluding tert-OH is 2. The fourth-order valence-electron chi connectivity index (χ4n) is 14.0. The predicted octanol–water partition coefficient (Wildman–Crippen LogP) is 9.06. The number of ether oxygens (including phenoxy) is 2. The molecule has 0 radical (unpaired) electrons. The Morgan fingerprint density at radius 3 is 1.17 bits per heavy atom. The van der Waals surface area contributed by atoms with Gasteiger partial charge in [0.2, 0.25) is 11.7 Å². The topological polar surface area (TPSA) is 662 Å². The number of halogens is 5. The summed E-state index contributed by atoms with van der Waals surface area (Å²) in [4.78, 5) is 206. The van der Waals surface area contributed by atoms with Crippen molar-refractivity contribution in [1.29, 1.82) is 0 Å². The Hall–Kier alpha value is -16.6. The average molecular weight is 2140 g/mol. The first-order valence-electron chi connectivity index (χ1n) is 45.6. The van der Waals surface area contributed by atoms with Crippen molar-refractivity contribution in [2.24, 2.45) is 0 Å². The molecule has 2 aliphatic rings. The minimum Gasteiger partial charge on any atom is -0.481 e. The van der Waals surface area contributed by atoms with Crippen LogP contribution in [0.1, 0.15) is 132 Å². The number of β-amino-alcohol motifs (C(OH)–C–C–N with tert-alkyl or cyclic N) is 2. The van der Waals surface area contributed by atoms with Gasteiger partial charge in [0.15, 0.2) is 6.29 Å². The summed E-state index contributed by atoms with van der Waals surface area (Å²) in [7, 11) is 1.24. The van der Waals surface area contributed by atoms with Crippen LogP contribution >= 0.6 is 58.0 Å². The number of ketones is 1. The molecule has 778 valence electrons. The number of H-pyrrole nitrogens is 1. The molecule has 2 atom stereocenters. The van der Waals surface area contributed by atoms with Crippen LogP contribution in [-0.2, 0) is 90.6 Å². The van der Waals surface area contributed by atoms with Crippen molar-refractivity contribution in [2.45, 2.75) is 123 Å². The number of nitrogen functional groups attached to an aromatic ring is 6. The standard InChI is InChI=1S/C23H22ClN5O5.C23H25ClN4O4.C19H17ClN4O4.C16H13ClN4O2.C11H12ClNO3.C6H7N3O.C4H9NO/c24-15-4-1-13(2-5-15)10-26-21(32)17-9-14-3-6-19(25)27-20(14)29(22(17)33)12-18(31)23(34)28-8-7-16(30)11-28;1-23(2,3)32-19(29)10-11-28-20-15(6-9-18(25)27-20)12-17(22(28)31)21(30)26-13-14-4-7-16(24)8-5-14;20-13-4-1-11(2-5-13)10-22-18(27)14-9-12-3-6-15(21)23-17(12)24(19(14)28)8-7-16(25)26;17-11-4-1-9(2-5-11)8-19-15(22)12-7-10-3-6-13(18)20-14(10)21-16(12)23;1-16-11(15)6-10(14)13-7-8-2-4-9(12)5-3-8;7-5-2-1-4(3-10)6(8)9-5;6-4-1-2-5-3-4/h1-6,9,16,30H,7-8,10-12H2,(H2,25,27)(H,26,32);4-9,12H,10-11,13H2,1-3H3,(H2,25,27)(H,26,30);1-6,9H,7-8,10H2,(H2,21,23)(H,22,27)(H,25,26);1-7H,8H2,(H,19,22)(H3,18,20,21,23);2-5H,6-7H2,1H3,(H,13,14);1-3H,(H4,7,8,9);4-6H,1-3H2. The number of aliphatic carboxylic acids is 1. The molecule has 2 saturated heterocycles. The highest BCUT2D eigenvalue weighted by Crippen LogP contribution is 2.24. The van der Waals surface area contributed by atoms with Gasteiger partial charge in [0, 0.05) is 112 Å². The highest BCUT2D eigenvalue weighted by atomic mass is 35.5. The van der Waals surface area contributed by atoms with Gasteiger partial charge in [-0.25, -0.2) is 24.9 Å². The number of fused-ring (bicyclic) bond motifs is 4. The van der Waals surface area contributed by atoms with E-state index in [9.17, 15) is 77.0 Å². The summed E-state index contributed by atoms with van der Waals surface area (Å²) in [5.41, 5.74) is 35.5. The maximum absolute atomic E-state index is 13.2. The number of esters is 2. The summed E-state index contributed by atoms with van der Waals surface area (Å²) in [6.07, 6.45) is 0.592. The molecule has 5 aromatic carbocycles. The number of nitrogens with zero attached hydrogens (tertiary/aromatic N) is 9. The number of nitrogens with one attached hydrogen (secondary N) is 7. The second-order valence-electron chi connectivity index (χ2n) is 34.1. The number of hydrogen-bond acceptors (Lipinski definition) is 31. The van der Waals surface area contributed by atoms with Crippen molar-refractivity contribution >= 4 is 202 Å². The summed E-state index contributed by atoms with van der Waals surface area (Å²) < 4.78 is 13.1. The number of benzene rings is 5. The fourth-order valence-corrected chi connectivity index (χ4v) is 14.7. The second-order valence-corrected chi connectivity index (χ2v) is 36.3. The van der Waals surface area contributed by atoms with Crippen LogP contribution in [0.25, 0.3) is 44.1 Å². The van der Waals surface area contributed by atoms with Gasteiger partial charge < -0.3 is 101 Å². The lowest BCUT2D eigenvalue weighted by Crippen LogP contribution is -2.40. The summed E-state index contributed by atoms with van der Waals surface area (Å²) in [5, 5.41) is 48.8. The smallest absolute Gasteiger partial charge is 0.315 e. The molecule has 2 fully saturated rings. The highest BCUT2D eigenvalue weighted by molar-refractivity contribution is 6.36. The Kier molecular flexibility index (Phi) is 41.8. The first-order valence-corrected chi connectivity index (χ1v) is 47.5. The zero-order valence-corrected chi connectivity index (χ0v) is 84.3. The van der Waals surface area contributed by atoms with Crippen LogP contribution in [-0.4, -0.2) is 180 Å². The average Bonchev–Trinajstić information content (AvgIpc) is 1.14. The predicted molar refractivity (Wildman–Crippen MR) is 565 cm³/mol. The lowest BCUT2D eigenvalue weighted by atomic mass is 10.1. The molecule has 11 heterocycles. The lowest BCUT2D eigenvalue weighted by Gasteiger charge is -2.20. The van der Waals surface area contributed by atoms with Crippen molar-refractivity contribution in [1.82, 2.24) is 80.4 Å². The number of Topliss-reactive ketones (excluding diaryl/α,β-unsaturated/α-hetero) is 1. The molecule has 6 amide bonds. The summed E-state index contributed by atoms with van der Waals surface area (Å²) in [5.74, 6) is -4.98. The van der Waals surface area contributed by atoms with Crippen LogP contribution in [0.4, 0.5) is 34.9 Å². The number of aryl methyl sites for hydroxylation is 2. The van der Waals surface area contributed by atoms with Crippen molar-refractivity contribution in [3.63, 3.8) is 0 Å². The minimum absolute atomic E-state index is 0.000988. The van der Waals surface area contributed by atoms with Crippen LogP contribution < -0.4 is 88.5 Å². The maximum atomic E-state index is 13.2. The molecule has 0 spiro atoms. The maximum Gasteiger partial charge on any atom is 0.315 e. The number of carboxylic acids is 1. The molecule has 22 N–H and O–H groups in total. The zero-order valence-electron chi connectivity index (χ0n) is 80.5. The van der Waals surface area contributed by atoms with Crippen LogP contribution in [0.3, 0.4) is 0 Å². The van der Waals surface area contributed by atoms with Gasteiger partial charge in [-0.15, -0.1) is 0 Å². The number of amides is 6. The monoisotopic (exact) mass is 2130 g/mol. The van der Waals surface area contributed by atoms with Gasteiger partial charge in [-0.05, 0) is 214 Å². The number of nitrogens with two attached hydrogens (primary N) is 6. The Balaban J connectivity index is 0.000000186. The van der Waals surface area contributed by atoms with E-state index < -0.39 is 93.7 Å². The van der Waals surface area contributed by atoms with E-state index in [1.165, 1.54) is 59.0 Å². The highest BCUT2D eigenvalue weighted by Gasteiger charge is 2.31. The van der Waals surface area contributed by atoms with E-state index in [2.05, 4.69) is 66.5 Å². The number of carboxylic acid groups (broad SMARTS) is 1. The molecule has 0 aliphatic carbocycles. The van der Waals surface area contributed by atoms with Gasteiger partial charge in [0.1, 0.15) is 91.8 Å². The molecule has 47 heteroatoms. The molecule has 0 bridgehead atoms. The van der Waals surface area contributed by atoms with Crippen LogP contribution in [0.15, 0.2) is 225 Å². The van der Waals surface area contributed by atoms with Gasteiger partial charge >= 0.3 is 17.9 Å². The quantitative estimate of drug-likeness (QED) is 0.0104. The van der Waals surface area contributed by atoms with Crippen molar-refractivity contribution in [2.75, 3.05) is 67.7 Å². The van der Waals surface area contributed by atoms with Gasteiger partial charge in [0.05, 0.1) is 44.3 Å². The number of carbonyl (C=O) groups is 11. The first kappa shape index (κ1) is 114. The summed E-state index contributed by atoms with van der Waals surface area (Å²) >= 11 is 29.1. The molecule has 149 heavy (non-hydrogen) atoms. The number of aldehydes is 1. The molecule has 2 aliphatic heterocycles. The van der Waals surface area contributed by atoms with Crippen molar-refractivity contribution in [3.05, 3.63) is 328 Å². The number of likely N-dealkylation sites (tertiary alicyclic amines) is 1. The number of carbonyl (C=O) groups excluding carboxylic acids is 10. The number of pyridine rings is 9. The largest absolute Gasteiger partial charge is 0.481 e. The minimum atomic E-state index is -1.07. The van der Waals surface area contributed by atoms with Crippen LogP contribution in [0, 0.1) is 0 Å². The number of methoxy groups -OCH3 is 1. The molecule has 2 unspecified atom stereocenters. The van der Waals surface area contributed by atoms with E-state index in [0.717, 1.165) is 56.5 Å². The number of hydrogen-bond donors (Lipinski definition) is 16. The SMILES string of the molecule is CC(C)(C)OC(=O)CCn1c(=O)c(C(=O)NCc2ccc(Cl)cc2)cc2ccc(N)nc21.COC(=O)CC(=O)NCc1ccc(Cl)cc1.Nc1ccc(C=O)c(N)n1.Nc1ccc2cc(C(=O)NCc3ccc(Cl)cc3)c(=O)[nH]c2n1.Nc1ccc2cc(C(=O)NCc3ccc(Cl)cc3)c(=O)n(CC(=O)C(=O)N3CCC(O)C3)c2n1.Nc1ccc2cc(C(=O)NCc3ccc(Cl)cc3)c(=O)n(CCC(=O)O)c2n1.OC1CCNC1. The van der Waals surface area contributed by atoms with E-state index in [0.29, 0.717) is 101 Å². The molecule has 42 nitrogen and oxygen atoms in total. The van der Waals surface area contributed by atoms with Crippen LogP contribution in [0.2, 0.25) is 25.1 Å². The number of aromatic nitrogens is 9. The second kappa shape index (κ2) is 54.5. The molecule has 9 aromatic heterocycles. The third-order valence-electron chi connectivity index (χ3n) is 21.6. The van der Waals surface area contributed by atoms with E-state index >= 15 is 0 Å². The Morgan fingerprint density at radius 2 is 0.812 bits per heavy atom. The van der Waals surface area contributed by atoms with Crippen molar-refractivity contribution < 1.29 is 77.5 Å². The summed E-state index contributed by atoms with van der Waals surface area (Å²) in [6.45, 7) is 7.89. The number of rotatable bonds is 26. The lowest BCUT2D eigenvalue weighted by molar-refractivity contribution is -0.155. The number of aliphatic hydroxyl groups is 2. The van der Waals surface area contributed by atoms with Gasteiger partial charge in [0.25, 0.3) is 51.8 Å². The molecular weight excluding hydrogens is 2030 g/mol. The van der Waals surface area contributed by atoms with E-state index in [1.807, 2.05) is 0 Å².